The lowest BCUT2D eigenvalue weighted by Crippen LogP contribution is -2.45. The maximum Gasteiger partial charge on any atom is 0.220 e. The lowest BCUT2D eigenvalue weighted by Gasteiger charge is -2.20. The molecule has 0 rings (SSSR count). The van der Waals surface area contributed by atoms with Crippen LogP contribution in [0.2, 0.25) is 0 Å². The van der Waals surface area contributed by atoms with Crippen LogP contribution >= 0.6 is 0 Å². The maximum atomic E-state index is 12.3. The van der Waals surface area contributed by atoms with Crippen LogP contribution in [-0.4, -0.2) is 34.9 Å². The highest BCUT2D eigenvalue weighted by Crippen LogP contribution is 2.13. The van der Waals surface area contributed by atoms with Crippen LogP contribution in [0.15, 0.2) is 24.3 Å². The van der Waals surface area contributed by atoms with Gasteiger partial charge in [-0.05, 0) is 44.9 Å². The van der Waals surface area contributed by atoms with E-state index in [4.69, 9.17) is 0 Å². The second-order valence-corrected chi connectivity index (χ2v) is 12.3. The molecule has 1 amide bonds. The Bertz CT molecular complexity index is 589. The smallest absolute Gasteiger partial charge is 0.220 e. The monoisotopic (exact) mass is 578 g/mol. The molecule has 0 aliphatic heterocycles. The van der Waals surface area contributed by atoms with Gasteiger partial charge in [0, 0.05) is 6.42 Å². The SMILES string of the molecule is CCCCCCCC/C=C/CCCCCCCCCC(=O)N[C@@H](CO)[C@H](O)/C=C/CCCCCCCCCCCC. The highest BCUT2D eigenvalue weighted by molar-refractivity contribution is 5.76. The van der Waals surface area contributed by atoms with E-state index in [1.807, 2.05) is 6.08 Å². The Morgan fingerprint density at radius 1 is 0.561 bits per heavy atom. The van der Waals surface area contributed by atoms with Crippen molar-refractivity contribution in [1.29, 1.82) is 0 Å². The van der Waals surface area contributed by atoms with Gasteiger partial charge in [-0.3, -0.25) is 4.79 Å². The van der Waals surface area contributed by atoms with Gasteiger partial charge in [-0.25, -0.2) is 0 Å². The molecule has 0 saturated carbocycles. The van der Waals surface area contributed by atoms with E-state index in [2.05, 4.69) is 31.3 Å². The zero-order chi connectivity index (χ0) is 30.1. The molecule has 2 atom stereocenters. The number of hydrogen-bond acceptors (Lipinski definition) is 3. The number of nitrogens with one attached hydrogen (secondary N) is 1. The summed E-state index contributed by atoms with van der Waals surface area (Å²) in [5, 5.41) is 22.8. The van der Waals surface area contributed by atoms with Crippen molar-refractivity contribution in [2.75, 3.05) is 6.61 Å². The molecule has 0 unspecified atom stereocenters. The first-order valence-corrected chi connectivity index (χ1v) is 18.1. The molecular formula is C37H71NO3. The highest BCUT2D eigenvalue weighted by atomic mass is 16.3. The second kappa shape index (κ2) is 33.4. The lowest BCUT2D eigenvalue weighted by atomic mass is 10.1. The predicted molar refractivity (Wildman–Crippen MR) is 179 cm³/mol. The molecule has 41 heavy (non-hydrogen) atoms. The standard InChI is InChI=1S/C37H71NO3/c1-3-5-7-9-11-13-15-17-18-19-20-21-23-25-27-29-31-33-37(41)38-35(34-39)36(40)32-30-28-26-24-22-16-14-12-10-8-6-4-2/h17-18,30,32,35-36,39-40H,3-16,19-29,31,33-34H2,1-2H3,(H,38,41)/b18-17+,32-30+/t35-,36+/m0/s1. The molecule has 0 fully saturated rings. The van der Waals surface area contributed by atoms with Crippen LogP contribution in [0.1, 0.15) is 187 Å². The summed E-state index contributed by atoms with van der Waals surface area (Å²) < 4.78 is 0. The van der Waals surface area contributed by atoms with E-state index in [1.54, 1.807) is 6.08 Å². The van der Waals surface area contributed by atoms with Crippen LogP contribution in [0.25, 0.3) is 0 Å². The topological polar surface area (TPSA) is 69.6 Å². The first-order valence-electron chi connectivity index (χ1n) is 18.1. The summed E-state index contributed by atoms with van der Waals surface area (Å²) in [6.45, 7) is 4.28. The minimum absolute atomic E-state index is 0.0704. The molecule has 4 heteroatoms. The summed E-state index contributed by atoms with van der Waals surface area (Å²) in [4.78, 5) is 12.3. The number of carbonyl (C=O) groups is 1. The summed E-state index contributed by atoms with van der Waals surface area (Å²) >= 11 is 0. The molecule has 4 nitrogen and oxygen atoms in total. The van der Waals surface area contributed by atoms with E-state index < -0.39 is 12.1 Å². The number of allylic oxidation sites excluding steroid dienone is 3. The largest absolute Gasteiger partial charge is 0.394 e. The molecule has 0 aliphatic carbocycles. The third kappa shape index (κ3) is 30.1. The van der Waals surface area contributed by atoms with Crippen molar-refractivity contribution >= 4 is 5.91 Å². The normalized spacial score (nSPS) is 13.4. The zero-order valence-electron chi connectivity index (χ0n) is 27.6. The second-order valence-electron chi connectivity index (χ2n) is 12.3. The van der Waals surface area contributed by atoms with Gasteiger partial charge in [0.25, 0.3) is 0 Å². The van der Waals surface area contributed by atoms with Crippen molar-refractivity contribution in [2.24, 2.45) is 0 Å². The average molecular weight is 578 g/mol. The van der Waals surface area contributed by atoms with Gasteiger partial charge >= 0.3 is 0 Å². The molecule has 0 saturated heterocycles. The van der Waals surface area contributed by atoms with Crippen molar-refractivity contribution in [2.45, 2.75) is 199 Å². The Hall–Kier alpha value is -1.13. The van der Waals surface area contributed by atoms with Gasteiger partial charge in [-0.2, -0.15) is 0 Å². The van der Waals surface area contributed by atoms with Crippen LogP contribution in [0.4, 0.5) is 0 Å². The van der Waals surface area contributed by atoms with Gasteiger partial charge in [0.2, 0.25) is 5.91 Å². The van der Waals surface area contributed by atoms with Gasteiger partial charge < -0.3 is 15.5 Å². The van der Waals surface area contributed by atoms with E-state index >= 15 is 0 Å². The Balaban J connectivity index is 3.62. The molecule has 0 aromatic carbocycles. The molecule has 242 valence electrons. The number of amides is 1. The number of rotatable bonds is 32. The predicted octanol–water partition coefficient (Wildman–Crippen LogP) is 10.5. The molecule has 0 aromatic rings. The van der Waals surface area contributed by atoms with Crippen LogP contribution in [0.3, 0.4) is 0 Å². The quantitative estimate of drug-likeness (QED) is 0.0550. The molecule has 0 bridgehead atoms. The molecule has 0 spiro atoms. The van der Waals surface area contributed by atoms with Crippen LogP contribution in [0, 0.1) is 0 Å². The highest BCUT2D eigenvalue weighted by Gasteiger charge is 2.17. The molecule has 3 N–H and O–H groups in total. The Labute approximate surface area is 256 Å². The first-order chi connectivity index (χ1) is 20.2. The lowest BCUT2D eigenvalue weighted by molar-refractivity contribution is -0.123. The van der Waals surface area contributed by atoms with Crippen molar-refractivity contribution in [1.82, 2.24) is 5.32 Å². The fourth-order valence-corrected chi connectivity index (χ4v) is 5.35. The first kappa shape index (κ1) is 39.9. The Kier molecular flexibility index (Phi) is 32.5. The molecule has 0 radical (unpaired) electrons. The fourth-order valence-electron chi connectivity index (χ4n) is 5.35. The van der Waals surface area contributed by atoms with Crippen molar-refractivity contribution in [3.63, 3.8) is 0 Å². The van der Waals surface area contributed by atoms with Crippen LogP contribution < -0.4 is 5.32 Å². The van der Waals surface area contributed by atoms with E-state index in [0.29, 0.717) is 6.42 Å². The van der Waals surface area contributed by atoms with Gasteiger partial charge in [-0.1, -0.05) is 160 Å². The zero-order valence-corrected chi connectivity index (χ0v) is 27.6. The van der Waals surface area contributed by atoms with Crippen molar-refractivity contribution in [3.8, 4) is 0 Å². The van der Waals surface area contributed by atoms with Crippen LogP contribution in [-0.2, 0) is 4.79 Å². The Morgan fingerprint density at radius 3 is 1.34 bits per heavy atom. The summed E-state index contributed by atoms with van der Waals surface area (Å²) in [7, 11) is 0. The number of aliphatic hydroxyl groups excluding tert-OH is 2. The molecular weight excluding hydrogens is 506 g/mol. The summed E-state index contributed by atoms with van der Waals surface area (Å²) in [6, 6.07) is -0.619. The van der Waals surface area contributed by atoms with E-state index in [9.17, 15) is 15.0 Å². The van der Waals surface area contributed by atoms with Gasteiger partial charge in [-0.15, -0.1) is 0 Å². The molecule has 0 heterocycles. The number of aliphatic hydroxyl groups is 2. The minimum Gasteiger partial charge on any atom is -0.394 e. The van der Waals surface area contributed by atoms with Crippen LogP contribution in [0.5, 0.6) is 0 Å². The third-order valence-corrected chi connectivity index (χ3v) is 8.18. The number of unbranched alkanes of at least 4 members (excludes halogenated alkanes) is 23. The molecule has 0 aromatic heterocycles. The average Bonchev–Trinajstić information content (AvgIpc) is 2.97. The summed E-state index contributed by atoms with van der Waals surface area (Å²) in [6.07, 6.45) is 41.1. The third-order valence-electron chi connectivity index (χ3n) is 8.18. The van der Waals surface area contributed by atoms with E-state index in [-0.39, 0.29) is 12.5 Å². The number of hydrogen-bond donors (Lipinski definition) is 3. The number of carbonyl (C=O) groups excluding carboxylic acids is 1. The van der Waals surface area contributed by atoms with Gasteiger partial charge in [0.1, 0.15) is 0 Å². The van der Waals surface area contributed by atoms with E-state index in [0.717, 1.165) is 25.7 Å². The maximum absolute atomic E-state index is 12.3. The van der Waals surface area contributed by atoms with Gasteiger partial charge in [0.15, 0.2) is 0 Å². The van der Waals surface area contributed by atoms with Crippen molar-refractivity contribution in [3.05, 3.63) is 24.3 Å². The summed E-state index contributed by atoms with van der Waals surface area (Å²) in [5.74, 6) is -0.0704. The summed E-state index contributed by atoms with van der Waals surface area (Å²) in [5.41, 5.74) is 0. The van der Waals surface area contributed by atoms with E-state index in [1.165, 1.54) is 141 Å². The molecule has 0 aliphatic rings. The van der Waals surface area contributed by atoms with Gasteiger partial charge in [0.05, 0.1) is 18.8 Å². The Morgan fingerprint density at radius 2 is 0.927 bits per heavy atom. The fraction of sp³-hybridized carbons (Fsp3) is 0.865. The van der Waals surface area contributed by atoms with Crippen molar-refractivity contribution < 1.29 is 15.0 Å². The minimum atomic E-state index is -0.836.